The highest BCUT2D eigenvalue weighted by Gasteiger charge is 2.21. The highest BCUT2D eigenvalue weighted by molar-refractivity contribution is 7.89. The van der Waals surface area contributed by atoms with Gasteiger partial charge in [0.1, 0.15) is 16.4 Å². The number of hydrogen-bond donors (Lipinski definition) is 2. The van der Waals surface area contributed by atoms with Gasteiger partial charge in [-0.2, -0.15) is 0 Å². The van der Waals surface area contributed by atoms with E-state index in [9.17, 15) is 13.2 Å². The first kappa shape index (κ1) is 20.7. The van der Waals surface area contributed by atoms with E-state index in [0.717, 1.165) is 22.4 Å². The number of ether oxygens (including phenoxy) is 2. The van der Waals surface area contributed by atoms with E-state index in [2.05, 4.69) is 10.0 Å². The summed E-state index contributed by atoms with van der Waals surface area (Å²) < 4.78 is 37.6. The fraction of sp³-hybridized carbons (Fsp3) is 0.316. The standard InChI is InChI=1S/C19H24N2O5S/c1-13-9-17(26-4)18(10-14(13)2)27(23,24)21-12-19(22)20-11-15-5-7-16(25-3)8-6-15/h5-10,21H,11-12H2,1-4H3,(H,20,22). The average Bonchev–Trinajstić information content (AvgIpc) is 2.66. The fourth-order valence-corrected chi connectivity index (χ4v) is 3.59. The molecule has 0 radical (unpaired) electrons. The van der Waals surface area contributed by atoms with E-state index in [4.69, 9.17) is 9.47 Å². The van der Waals surface area contributed by atoms with Gasteiger partial charge in [-0.15, -0.1) is 0 Å². The normalized spacial score (nSPS) is 11.1. The van der Waals surface area contributed by atoms with Crippen molar-refractivity contribution < 1.29 is 22.7 Å². The number of nitrogens with one attached hydrogen (secondary N) is 2. The molecule has 146 valence electrons. The average molecular weight is 392 g/mol. The van der Waals surface area contributed by atoms with Crippen LogP contribution in [0.1, 0.15) is 16.7 Å². The molecule has 0 saturated heterocycles. The van der Waals surface area contributed by atoms with Crippen LogP contribution in [0.25, 0.3) is 0 Å². The summed E-state index contributed by atoms with van der Waals surface area (Å²) in [5, 5.41) is 2.67. The van der Waals surface area contributed by atoms with Crippen LogP contribution in [-0.2, 0) is 21.4 Å². The number of amides is 1. The molecular weight excluding hydrogens is 368 g/mol. The van der Waals surface area contributed by atoms with E-state index in [-0.39, 0.29) is 23.7 Å². The molecule has 0 aliphatic rings. The van der Waals surface area contributed by atoms with Gasteiger partial charge in [0.2, 0.25) is 15.9 Å². The Morgan fingerprint density at radius 2 is 1.63 bits per heavy atom. The van der Waals surface area contributed by atoms with Crippen molar-refractivity contribution in [2.24, 2.45) is 0 Å². The van der Waals surface area contributed by atoms with Crippen molar-refractivity contribution in [2.75, 3.05) is 20.8 Å². The molecule has 0 spiro atoms. The summed E-state index contributed by atoms with van der Waals surface area (Å²) in [6, 6.07) is 10.4. The van der Waals surface area contributed by atoms with Gasteiger partial charge in [-0.25, -0.2) is 13.1 Å². The van der Waals surface area contributed by atoms with Gasteiger partial charge in [0, 0.05) is 6.54 Å². The number of sulfonamides is 1. The molecule has 27 heavy (non-hydrogen) atoms. The molecule has 0 aliphatic carbocycles. The molecule has 2 rings (SSSR count). The Balaban J connectivity index is 1.98. The van der Waals surface area contributed by atoms with Gasteiger partial charge in [-0.3, -0.25) is 4.79 Å². The topological polar surface area (TPSA) is 93.7 Å². The zero-order valence-electron chi connectivity index (χ0n) is 15.8. The molecule has 0 bridgehead atoms. The number of carbonyl (C=O) groups is 1. The Labute approximate surface area is 159 Å². The van der Waals surface area contributed by atoms with Crippen LogP contribution < -0.4 is 19.5 Å². The number of aryl methyl sites for hydroxylation is 2. The second-order valence-corrected chi connectivity index (χ2v) is 7.77. The quantitative estimate of drug-likeness (QED) is 0.716. The van der Waals surface area contributed by atoms with Gasteiger partial charge >= 0.3 is 0 Å². The van der Waals surface area contributed by atoms with Crippen molar-refractivity contribution in [3.05, 3.63) is 53.1 Å². The Hall–Kier alpha value is -2.58. The predicted molar refractivity (Wildman–Crippen MR) is 102 cm³/mol. The molecule has 0 aliphatic heterocycles. The summed E-state index contributed by atoms with van der Waals surface area (Å²) in [6.07, 6.45) is 0. The summed E-state index contributed by atoms with van der Waals surface area (Å²) in [6.45, 7) is 3.61. The van der Waals surface area contributed by atoms with Crippen molar-refractivity contribution >= 4 is 15.9 Å². The number of methoxy groups -OCH3 is 2. The van der Waals surface area contributed by atoms with E-state index in [1.54, 1.807) is 25.3 Å². The minimum Gasteiger partial charge on any atom is -0.497 e. The van der Waals surface area contributed by atoms with Crippen LogP contribution in [0.15, 0.2) is 41.3 Å². The summed E-state index contributed by atoms with van der Waals surface area (Å²) in [5.41, 5.74) is 2.62. The molecule has 8 heteroatoms. The van der Waals surface area contributed by atoms with Gasteiger partial charge in [-0.1, -0.05) is 12.1 Å². The predicted octanol–water partition coefficient (Wildman–Crippen LogP) is 1.92. The Morgan fingerprint density at radius 1 is 1.00 bits per heavy atom. The maximum absolute atomic E-state index is 12.5. The largest absolute Gasteiger partial charge is 0.497 e. The molecule has 2 aromatic carbocycles. The maximum atomic E-state index is 12.5. The number of hydrogen-bond acceptors (Lipinski definition) is 5. The van der Waals surface area contributed by atoms with Gasteiger partial charge in [-0.05, 0) is 54.8 Å². The summed E-state index contributed by atoms with van der Waals surface area (Å²) >= 11 is 0. The lowest BCUT2D eigenvalue weighted by Gasteiger charge is -2.13. The van der Waals surface area contributed by atoms with Gasteiger partial charge in [0.05, 0.1) is 20.8 Å². The number of benzene rings is 2. The molecule has 0 atom stereocenters. The van der Waals surface area contributed by atoms with E-state index >= 15 is 0 Å². The summed E-state index contributed by atoms with van der Waals surface area (Å²) in [4.78, 5) is 12.0. The van der Waals surface area contributed by atoms with Crippen molar-refractivity contribution in [3.63, 3.8) is 0 Å². The third-order valence-corrected chi connectivity index (χ3v) is 5.56. The molecule has 0 aromatic heterocycles. The fourth-order valence-electron chi connectivity index (χ4n) is 2.38. The minimum atomic E-state index is -3.88. The van der Waals surface area contributed by atoms with Crippen LogP contribution in [0.4, 0.5) is 0 Å². The van der Waals surface area contributed by atoms with Gasteiger partial charge in [0.25, 0.3) is 0 Å². The van der Waals surface area contributed by atoms with Gasteiger partial charge < -0.3 is 14.8 Å². The Bertz CT molecular complexity index is 908. The lowest BCUT2D eigenvalue weighted by atomic mass is 10.1. The van der Waals surface area contributed by atoms with E-state index in [1.807, 2.05) is 26.0 Å². The third-order valence-electron chi connectivity index (χ3n) is 4.14. The molecule has 2 N–H and O–H groups in total. The number of carbonyl (C=O) groups excluding carboxylic acids is 1. The molecule has 0 saturated carbocycles. The van der Waals surface area contributed by atoms with Crippen molar-refractivity contribution in [2.45, 2.75) is 25.3 Å². The van der Waals surface area contributed by atoms with Crippen LogP contribution in [0, 0.1) is 13.8 Å². The molecule has 7 nitrogen and oxygen atoms in total. The smallest absolute Gasteiger partial charge is 0.244 e. The molecular formula is C19H24N2O5S. The van der Waals surface area contributed by atoms with Crippen molar-refractivity contribution in [1.82, 2.24) is 10.0 Å². The highest BCUT2D eigenvalue weighted by Crippen LogP contribution is 2.27. The van der Waals surface area contributed by atoms with Crippen LogP contribution in [0.2, 0.25) is 0 Å². The summed E-state index contributed by atoms with van der Waals surface area (Å²) in [5.74, 6) is 0.529. The second kappa shape index (κ2) is 8.88. The first-order valence-corrected chi connectivity index (χ1v) is 9.79. The van der Waals surface area contributed by atoms with E-state index < -0.39 is 15.9 Å². The third kappa shape index (κ3) is 5.45. The lowest BCUT2D eigenvalue weighted by molar-refractivity contribution is -0.120. The zero-order chi connectivity index (χ0) is 20.0. The van der Waals surface area contributed by atoms with Crippen molar-refractivity contribution in [1.29, 1.82) is 0 Å². The monoisotopic (exact) mass is 392 g/mol. The van der Waals surface area contributed by atoms with Crippen LogP contribution in [0.3, 0.4) is 0 Å². The SMILES string of the molecule is COc1ccc(CNC(=O)CNS(=O)(=O)c2cc(C)c(C)cc2OC)cc1. The minimum absolute atomic E-state index is 0.0102. The van der Waals surface area contributed by atoms with E-state index in [1.165, 1.54) is 13.2 Å². The van der Waals surface area contributed by atoms with Crippen LogP contribution >= 0.6 is 0 Å². The lowest BCUT2D eigenvalue weighted by Crippen LogP contribution is -2.36. The van der Waals surface area contributed by atoms with Crippen LogP contribution in [-0.4, -0.2) is 35.1 Å². The highest BCUT2D eigenvalue weighted by atomic mass is 32.2. The first-order chi connectivity index (χ1) is 12.8. The Morgan fingerprint density at radius 3 is 2.22 bits per heavy atom. The van der Waals surface area contributed by atoms with Gasteiger partial charge in [0.15, 0.2) is 0 Å². The maximum Gasteiger partial charge on any atom is 0.244 e. The second-order valence-electron chi connectivity index (χ2n) is 6.04. The molecule has 0 unspecified atom stereocenters. The van der Waals surface area contributed by atoms with Crippen LogP contribution in [0.5, 0.6) is 11.5 Å². The van der Waals surface area contributed by atoms with E-state index in [0.29, 0.717) is 0 Å². The molecule has 0 fully saturated rings. The number of rotatable bonds is 8. The molecule has 2 aromatic rings. The first-order valence-electron chi connectivity index (χ1n) is 8.31. The molecule has 1 amide bonds. The summed E-state index contributed by atoms with van der Waals surface area (Å²) in [7, 11) is -0.897. The van der Waals surface area contributed by atoms with Crippen molar-refractivity contribution in [3.8, 4) is 11.5 Å². The molecule has 0 heterocycles. The Kier molecular flexibility index (Phi) is 6.81. The zero-order valence-corrected chi connectivity index (χ0v) is 16.6.